The highest BCUT2D eigenvalue weighted by molar-refractivity contribution is 6.05. The van der Waals surface area contributed by atoms with Crippen molar-refractivity contribution in [2.24, 2.45) is 0 Å². The summed E-state index contributed by atoms with van der Waals surface area (Å²) in [6.07, 6.45) is 0. The van der Waals surface area contributed by atoms with Crippen molar-refractivity contribution in [3.63, 3.8) is 0 Å². The molecule has 34 heavy (non-hydrogen) atoms. The lowest BCUT2D eigenvalue weighted by Gasteiger charge is -2.19. The first-order valence-electron chi connectivity index (χ1n) is 11.6. The summed E-state index contributed by atoms with van der Waals surface area (Å²) in [5.41, 5.74) is 4.82. The molecular weight excluding hydrogens is 424 g/mol. The van der Waals surface area contributed by atoms with Gasteiger partial charge in [0.1, 0.15) is 0 Å². The molecule has 5 heteroatoms. The highest BCUT2D eigenvalue weighted by Crippen LogP contribution is 2.32. The van der Waals surface area contributed by atoms with Crippen molar-refractivity contribution in [1.82, 2.24) is 5.32 Å². The zero-order chi connectivity index (χ0) is 24.3. The molecule has 4 aromatic rings. The molecule has 1 aromatic heterocycles. The minimum Gasteiger partial charge on any atom is -0.493 e. The Morgan fingerprint density at radius 2 is 1.71 bits per heavy atom. The Balaban J connectivity index is 1.55. The van der Waals surface area contributed by atoms with Gasteiger partial charge in [0.05, 0.1) is 7.11 Å². The summed E-state index contributed by atoms with van der Waals surface area (Å²) in [5.74, 6) is 0.554. The van der Waals surface area contributed by atoms with E-state index in [1.54, 1.807) is 13.2 Å². The second-order valence-corrected chi connectivity index (χ2v) is 9.58. The van der Waals surface area contributed by atoms with Crippen LogP contribution in [0.15, 0.2) is 77.2 Å². The zero-order valence-electron chi connectivity index (χ0n) is 20.4. The van der Waals surface area contributed by atoms with Gasteiger partial charge in [0.25, 0.3) is 5.91 Å². The van der Waals surface area contributed by atoms with Gasteiger partial charge in [-0.3, -0.25) is 4.79 Å². The van der Waals surface area contributed by atoms with Crippen LogP contribution in [0.3, 0.4) is 0 Å². The first kappa shape index (κ1) is 23.6. The Morgan fingerprint density at radius 1 is 1.00 bits per heavy atom. The summed E-state index contributed by atoms with van der Waals surface area (Å²) in [5, 5.41) is 7.36. The lowest BCUT2D eigenvalue weighted by Crippen LogP contribution is -2.18. The third-order valence-corrected chi connectivity index (χ3v) is 6.09. The van der Waals surface area contributed by atoms with Crippen molar-refractivity contribution in [3.8, 4) is 5.75 Å². The van der Waals surface area contributed by atoms with Crippen LogP contribution in [0, 0.1) is 0 Å². The Kier molecular flexibility index (Phi) is 6.75. The highest BCUT2D eigenvalue weighted by Gasteiger charge is 2.19. The SMILES string of the molecule is COc1ccc(CNC(C)c2ccccc2)c2cc(C(=O)Nc3ccc(C(C)(C)C)cc3)oc12. The number of benzene rings is 3. The molecule has 0 radical (unpaired) electrons. The van der Waals surface area contributed by atoms with E-state index in [1.165, 1.54) is 11.1 Å². The number of carbonyl (C=O) groups excluding carboxylic acids is 1. The van der Waals surface area contributed by atoms with Crippen molar-refractivity contribution in [1.29, 1.82) is 0 Å². The predicted octanol–water partition coefficient (Wildman–Crippen LogP) is 6.84. The van der Waals surface area contributed by atoms with E-state index in [1.807, 2.05) is 54.6 Å². The fraction of sp³-hybridized carbons (Fsp3) is 0.276. The monoisotopic (exact) mass is 456 g/mol. The number of amides is 1. The average molecular weight is 457 g/mol. The van der Waals surface area contributed by atoms with Gasteiger partial charge in [0.15, 0.2) is 17.1 Å². The molecule has 0 saturated heterocycles. The van der Waals surface area contributed by atoms with Gasteiger partial charge in [-0.25, -0.2) is 0 Å². The quantitative estimate of drug-likeness (QED) is 0.319. The van der Waals surface area contributed by atoms with Gasteiger partial charge in [0.2, 0.25) is 0 Å². The molecule has 0 bridgehead atoms. The largest absolute Gasteiger partial charge is 0.493 e. The van der Waals surface area contributed by atoms with Crippen LogP contribution in [0.5, 0.6) is 5.75 Å². The number of rotatable bonds is 7. The van der Waals surface area contributed by atoms with Crippen LogP contribution in [-0.4, -0.2) is 13.0 Å². The molecule has 5 nitrogen and oxygen atoms in total. The number of anilines is 1. The fourth-order valence-corrected chi connectivity index (χ4v) is 3.95. The number of carbonyl (C=O) groups is 1. The molecule has 1 atom stereocenters. The first-order valence-corrected chi connectivity index (χ1v) is 11.6. The van der Waals surface area contributed by atoms with E-state index < -0.39 is 0 Å². The van der Waals surface area contributed by atoms with Crippen molar-refractivity contribution in [2.45, 2.75) is 45.7 Å². The summed E-state index contributed by atoms with van der Waals surface area (Å²) in [6.45, 7) is 9.25. The van der Waals surface area contributed by atoms with E-state index >= 15 is 0 Å². The molecule has 1 amide bonds. The number of ether oxygens (including phenoxy) is 1. The predicted molar refractivity (Wildman–Crippen MR) is 138 cm³/mol. The van der Waals surface area contributed by atoms with Crippen molar-refractivity contribution in [3.05, 3.63) is 95.2 Å². The smallest absolute Gasteiger partial charge is 0.291 e. The van der Waals surface area contributed by atoms with Crippen LogP contribution >= 0.6 is 0 Å². The van der Waals surface area contributed by atoms with Crippen LogP contribution in [0.25, 0.3) is 11.0 Å². The molecule has 0 aliphatic carbocycles. The molecular formula is C29H32N2O3. The van der Waals surface area contributed by atoms with Crippen molar-refractivity contribution >= 4 is 22.6 Å². The van der Waals surface area contributed by atoms with Gasteiger partial charge in [-0.2, -0.15) is 0 Å². The Bertz CT molecular complexity index is 1270. The minimum atomic E-state index is -0.293. The van der Waals surface area contributed by atoms with Crippen LogP contribution in [0.2, 0.25) is 0 Å². The number of methoxy groups -OCH3 is 1. The van der Waals surface area contributed by atoms with Gasteiger partial charge in [-0.1, -0.05) is 69.3 Å². The Morgan fingerprint density at radius 3 is 2.35 bits per heavy atom. The van der Waals surface area contributed by atoms with E-state index in [2.05, 4.69) is 50.5 Å². The van der Waals surface area contributed by atoms with E-state index in [4.69, 9.17) is 9.15 Å². The molecule has 1 unspecified atom stereocenters. The summed E-state index contributed by atoms with van der Waals surface area (Å²) >= 11 is 0. The van der Waals surface area contributed by atoms with E-state index in [0.29, 0.717) is 17.9 Å². The molecule has 1 heterocycles. The number of furan rings is 1. The number of fused-ring (bicyclic) bond motifs is 1. The van der Waals surface area contributed by atoms with Crippen LogP contribution in [0.1, 0.15) is 61.0 Å². The molecule has 0 fully saturated rings. The third kappa shape index (κ3) is 5.15. The normalized spacial score (nSPS) is 12.5. The highest BCUT2D eigenvalue weighted by atomic mass is 16.5. The van der Waals surface area contributed by atoms with Crippen LogP contribution in [-0.2, 0) is 12.0 Å². The lowest BCUT2D eigenvalue weighted by atomic mass is 9.87. The fourth-order valence-electron chi connectivity index (χ4n) is 3.95. The maximum atomic E-state index is 13.0. The molecule has 4 rings (SSSR count). The van der Waals surface area contributed by atoms with Crippen LogP contribution < -0.4 is 15.4 Å². The summed E-state index contributed by atoms with van der Waals surface area (Å²) < 4.78 is 11.5. The zero-order valence-corrected chi connectivity index (χ0v) is 20.4. The maximum Gasteiger partial charge on any atom is 0.291 e. The first-order chi connectivity index (χ1) is 16.3. The molecule has 0 aliphatic rings. The molecule has 0 aliphatic heterocycles. The average Bonchev–Trinajstić information content (AvgIpc) is 3.29. The minimum absolute atomic E-state index is 0.0558. The van der Waals surface area contributed by atoms with Gasteiger partial charge in [0, 0.05) is 23.7 Å². The summed E-state index contributed by atoms with van der Waals surface area (Å²) in [6, 6.07) is 24.1. The summed E-state index contributed by atoms with van der Waals surface area (Å²) in [4.78, 5) is 13.0. The van der Waals surface area contributed by atoms with E-state index in [-0.39, 0.29) is 23.1 Å². The van der Waals surface area contributed by atoms with Crippen LogP contribution in [0.4, 0.5) is 5.69 Å². The standard InChI is InChI=1S/C29H32N2O3/c1-19(20-9-7-6-8-10-20)30-18-21-11-16-25(33-5)27-24(21)17-26(34-27)28(32)31-23-14-12-22(13-15-23)29(2,3)4/h6-17,19,30H,18H2,1-5H3,(H,31,32). The molecule has 3 aromatic carbocycles. The number of nitrogens with one attached hydrogen (secondary N) is 2. The second kappa shape index (κ2) is 9.74. The number of hydrogen-bond donors (Lipinski definition) is 2. The molecule has 176 valence electrons. The van der Waals surface area contributed by atoms with Gasteiger partial charge in [-0.15, -0.1) is 0 Å². The second-order valence-electron chi connectivity index (χ2n) is 9.58. The van der Waals surface area contributed by atoms with Gasteiger partial charge in [-0.05, 0) is 53.3 Å². The van der Waals surface area contributed by atoms with Crippen molar-refractivity contribution in [2.75, 3.05) is 12.4 Å². The molecule has 2 N–H and O–H groups in total. The van der Waals surface area contributed by atoms with Gasteiger partial charge < -0.3 is 19.8 Å². The lowest BCUT2D eigenvalue weighted by molar-refractivity contribution is 0.0998. The van der Waals surface area contributed by atoms with E-state index in [0.717, 1.165) is 16.6 Å². The Labute approximate surface area is 201 Å². The van der Waals surface area contributed by atoms with Crippen molar-refractivity contribution < 1.29 is 13.9 Å². The number of hydrogen-bond acceptors (Lipinski definition) is 4. The summed E-state index contributed by atoms with van der Waals surface area (Å²) in [7, 11) is 1.60. The molecule has 0 saturated carbocycles. The Hall–Kier alpha value is -3.57. The van der Waals surface area contributed by atoms with E-state index in [9.17, 15) is 4.79 Å². The maximum absolute atomic E-state index is 13.0. The van der Waals surface area contributed by atoms with Gasteiger partial charge >= 0.3 is 0 Å². The molecule has 0 spiro atoms. The topological polar surface area (TPSA) is 63.5 Å². The third-order valence-electron chi connectivity index (χ3n) is 6.09.